The summed E-state index contributed by atoms with van der Waals surface area (Å²) >= 11 is 6.06. The third kappa shape index (κ3) is 6.45. The highest BCUT2D eigenvalue weighted by molar-refractivity contribution is 7.92. The number of sulfonamides is 1. The predicted octanol–water partition coefficient (Wildman–Crippen LogP) is 6.21. The van der Waals surface area contributed by atoms with Gasteiger partial charge in [-0.1, -0.05) is 29.8 Å². The Morgan fingerprint density at radius 2 is 1.90 bits per heavy atom. The van der Waals surface area contributed by atoms with E-state index in [0.29, 0.717) is 17.7 Å². The van der Waals surface area contributed by atoms with E-state index in [1.54, 1.807) is 6.07 Å². The third-order valence-corrected chi connectivity index (χ3v) is 7.85. The number of carboxylic acids is 1. The monoisotopic (exact) mass is 585 g/mol. The maximum Gasteiger partial charge on any atom is 0.387 e. The summed E-state index contributed by atoms with van der Waals surface area (Å²) in [7, 11) is -4.51. The molecule has 4 rings (SSSR count). The Kier molecular flexibility index (Phi) is 8.36. The standard InChI is InChI=1S/C26H20ClF4NO6S/c27-19-2-1-3-20(28)18(19)8-4-15-5-10-23-22(12-15)32(14-16(37-23)6-11-25(33)34)39(35,36)17-7-9-21(29)24(13-17)38-26(30)31/h1-5,7-10,12-13,16,26H,6,11,14H2,(H,33,34). The second-order valence-corrected chi connectivity index (χ2v) is 10.6. The molecule has 0 spiro atoms. The lowest BCUT2D eigenvalue weighted by molar-refractivity contribution is -0.137. The van der Waals surface area contributed by atoms with Gasteiger partial charge >= 0.3 is 12.6 Å². The molecule has 1 atom stereocenters. The van der Waals surface area contributed by atoms with E-state index in [2.05, 4.69) is 4.74 Å². The average Bonchev–Trinajstić information content (AvgIpc) is 2.87. The van der Waals surface area contributed by atoms with Gasteiger partial charge in [0.05, 0.1) is 22.2 Å². The fourth-order valence-electron chi connectivity index (χ4n) is 3.90. The van der Waals surface area contributed by atoms with Crippen LogP contribution in [-0.2, 0) is 14.8 Å². The molecule has 1 unspecified atom stereocenters. The first-order chi connectivity index (χ1) is 18.5. The van der Waals surface area contributed by atoms with Crippen molar-refractivity contribution < 1.29 is 45.4 Å². The second kappa shape index (κ2) is 11.5. The van der Waals surface area contributed by atoms with E-state index in [9.17, 15) is 30.8 Å². The van der Waals surface area contributed by atoms with Gasteiger partial charge in [0.2, 0.25) is 0 Å². The molecule has 0 fully saturated rings. The van der Waals surface area contributed by atoms with Crippen LogP contribution in [0, 0.1) is 11.6 Å². The minimum absolute atomic E-state index is 0.0304. The number of ether oxygens (including phenoxy) is 2. The van der Waals surface area contributed by atoms with Crippen LogP contribution in [0.25, 0.3) is 12.2 Å². The number of fused-ring (bicyclic) bond motifs is 1. The Morgan fingerprint density at radius 3 is 2.59 bits per heavy atom. The molecule has 3 aromatic carbocycles. The lowest BCUT2D eigenvalue weighted by Gasteiger charge is -2.35. The Bertz CT molecular complexity index is 1510. The molecule has 1 aliphatic heterocycles. The van der Waals surface area contributed by atoms with Crippen molar-refractivity contribution in [1.29, 1.82) is 0 Å². The molecule has 0 aliphatic carbocycles. The maximum atomic E-state index is 14.2. The van der Waals surface area contributed by atoms with E-state index in [-0.39, 0.29) is 41.4 Å². The summed E-state index contributed by atoms with van der Waals surface area (Å²) in [6.45, 7) is -3.71. The van der Waals surface area contributed by atoms with Crippen LogP contribution >= 0.6 is 11.6 Å². The Hall–Kier alpha value is -3.77. The zero-order valence-corrected chi connectivity index (χ0v) is 21.4. The highest BCUT2D eigenvalue weighted by atomic mass is 35.5. The molecule has 13 heteroatoms. The minimum Gasteiger partial charge on any atom is -0.486 e. The van der Waals surface area contributed by atoms with E-state index >= 15 is 0 Å². The molecule has 1 N–H and O–H groups in total. The fourth-order valence-corrected chi connectivity index (χ4v) is 5.64. The number of aliphatic carboxylic acids is 1. The molecule has 3 aromatic rings. The van der Waals surface area contributed by atoms with Crippen LogP contribution in [0.5, 0.6) is 11.5 Å². The van der Waals surface area contributed by atoms with Gasteiger partial charge < -0.3 is 14.6 Å². The van der Waals surface area contributed by atoms with Crippen molar-refractivity contribution in [2.45, 2.75) is 30.5 Å². The quantitative estimate of drug-likeness (QED) is 0.237. The number of hydrogen-bond donors (Lipinski definition) is 1. The van der Waals surface area contributed by atoms with Crippen LogP contribution in [-0.4, -0.2) is 38.8 Å². The zero-order valence-electron chi connectivity index (χ0n) is 19.9. The number of benzene rings is 3. The van der Waals surface area contributed by atoms with Gasteiger partial charge in [-0.15, -0.1) is 0 Å². The summed E-state index contributed by atoms with van der Waals surface area (Å²) in [5.74, 6) is -3.72. The number of halogens is 5. The van der Waals surface area contributed by atoms with Gasteiger partial charge in [0.25, 0.3) is 10.0 Å². The number of rotatable bonds is 9. The predicted molar refractivity (Wildman–Crippen MR) is 136 cm³/mol. The van der Waals surface area contributed by atoms with Gasteiger partial charge in [-0.2, -0.15) is 8.78 Å². The largest absolute Gasteiger partial charge is 0.486 e. The van der Waals surface area contributed by atoms with Gasteiger partial charge in [0.1, 0.15) is 17.7 Å². The molecule has 1 aliphatic rings. The maximum absolute atomic E-state index is 14.2. The number of hydrogen-bond acceptors (Lipinski definition) is 5. The topological polar surface area (TPSA) is 93.1 Å². The molecule has 39 heavy (non-hydrogen) atoms. The average molecular weight is 586 g/mol. The summed E-state index contributed by atoms with van der Waals surface area (Å²) < 4.78 is 91.8. The third-order valence-electron chi connectivity index (χ3n) is 5.74. The SMILES string of the molecule is O=C(O)CCC1CN(S(=O)(=O)c2ccc(F)c(OC(F)F)c2)c2cc(C=Cc3c(F)cccc3Cl)ccc2O1. The number of alkyl halides is 2. The van der Waals surface area contributed by atoms with E-state index in [4.69, 9.17) is 21.4 Å². The normalized spacial score (nSPS) is 15.3. The first-order valence-electron chi connectivity index (χ1n) is 11.4. The fraction of sp³-hybridized carbons (Fsp3) is 0.192. The molecule has 206 valence electrons. The van der Waals surface area contributed by atoms with Crippen LogP contribution in [0.15, 0.2) is 59.5 Å². The molecule has 7 nitrogen and oxygen atoms in total. The number of carbonyl (C=O) groups is 1. The Balaban J connectivity index is 1.76. The summed E-state index contributed by atoms with van der Waals surface area (Å²) in [5.41, 5.74) is 0.593. The lowest BCUT2D eigenvalue weighted by atomic mass is 10.1. The summed E-state index contributed by atoms with van der Waals surface area (Å²) in [6.07, 6.45) is 1.71. The van der Waals surface area contributed by atoms with Gasteiger partial charge in [0, 0.05) is 18.1 Å². The van der Waals surface area contributed by atoms with Crippen molar-refractivity contribution in [2.24, 2.45) is 0 Å². The van der Waals surface area contributed by atoms with E-state index in [1.165, 1.54) is 42.5 Å². The summed E-state index contributed by atoms with van der Waals surface area (Å²) in [6, 6.07) is 10.9. The first kappa shape index (κ1) is 28.2. The highest BCUT2D eigenvalue weighted by Crippen LogP contribution is 2.39. The molecule has 0 saturated heterocycles. The van der Waals surface area contributed by atoms with Gasteiger partial charge in [-0.25, -0.2) is 17.2 Å². The number of carboxylic acid groups (broad SMARTS) is 1. The summed E-state index contributed by atoms with van der Waals surface area (Å²) in [5, 5.41) is 9.22. The molecular weight excluding hydrogens is 566 g/mol. The van der Waals surface area contributed by atoms with Crippen molar-refractivity contribution in [3.05, 3.63) is 82.4 Å². The van der Waals surface area contributed by atoms with E-state index in [1.807, 2.05) is 0 Å². The lowest BCUT2D eigenvalue weighted by Crippen LogP contribution is -2.43. The molecule has 0 radical (unpaired) electrons. The molecule has 0 saturated carbocycles. The van der Waals surface area contributed by atoms with Gasteiger partial charge in [-0.05, 0) is 54.5 Å². The second-order valence-electron chi connectivity index (χ2n) is 8.37. The number of anilines is 1. The number of nitrogens with zero attached hydrogens (tertiary/aromatic N) is 1. The van der Waals surface area contributed by atoms with Crippen molar-refractivity contribution in [3.8, 4) is 11.5 Å². The van der Waals surface area contributed by atoms with Crippen LogP contribution in [0.4, 0.5) is 23.2 Å². The van der Waals surface area contributed by atoms with Crippen LogP contribution in [0.3, 0.4) is 0 Å². The van der Waals surface area contributed by atoms with Crippen molar-refractivity contribution in [1.82, 2.24) is 0 Å². The van der Waals surface area contributed by atoms with E-state index < -0.39 is 51.0 Å². The van der Waals surface area contributed by atoms with E-state index in [0.717, 1.165) is 10.4 Å². The van der Waals surface area contributed by atoms with Crippen molar-refractivity contribution >= 4 is 45.4 Å². The van der Waals surface area contributed by atoms with Crippen LogP contribution < -0.4 is 13.8 Å². The Labute approximate surface area is 225 Å². The van der Waals surface area contributed by atoms with Crippen molar-refractivity contribution in [2.75, 3.05) is 10.8 Å². The Morgan fingerprint density at radius 1 is 1.13 bits per heavy atom. The highest BCUT2D eigenvalue weighted by Gasteiger charge is 2.35. The molecule has 0 bridgehead atoms. The van der Waals surface area contributed by atoms with Crippen LogP contribution in [0.1, 0.15) is 24.0 Å². The van der Waals surface area contributed by atoms with Crippen LogP contribution in [0.2, 0.25) is 5.02 Å². The van der Waals surface area contributed by atoms with Crippen molar-refractivity contribution in [3.63, 3.8) is 0 Å². The molecule has 0 aromatic heterocycles. The smallest absolute Gasteiger partial charge is 0.387 e. The first-order valence-corrected chi connectivity index (χ1v) is 13.2. The molecule has 1 heterocycles. The summed E-state index contributed by atoms with van der Waals surface area (Å²) in [4.78, 5) is 10.5. The molecule has 0 amide bonds. The zero-order chi connectivity index (χ0) is 28.3. The van der Waals surface area contributed by atoms with Gasteiger partial charge in [-0.3, -0.25) is 9.10 Å². The molecular formula is C26H20ClF4NO6S. The van der Waals surface area contributed by atoms with Gasteiger partial charge in [0.15, 0.2) is 11.6 Å². The minimum atomic E-state index is -4.51.